The van der Waals surface area contributed by atoms with Gasteiger partial charge in [0.1, 0.15) is 0 Å². The molecule has 0 bridgehead atoms. The summed E-state index contributed by atoms with van der Waals surface area (Å²) < 4.78 is 22.4. The van der Waals surface area contributed by atoms with E-state index in [1.54, 1.807) is 12.1 Å². The van der Waals surface area contributed by atoms with Crippen LogP contribution in [0.5, 0.6) is 5.75 Å². The van der Waals surface area contributed by atoms with E-state index in [1.807, 2.05) is 34.6 Å². The molecule has 0 radical (unpaired) electrons. The van der Waals surface area contributed by atoms with Crippen LogP contribution in [0.25, 0.3) is 0 Å². The number of benzene rings is 1. The first kappa shape index (κ1) is 17.7. The molecule has 0 amide bonds. The van der Waals surface area contributed by atoms with Gasteiger partial charge in [0.25, 0.3) is 0 Å². The summed E-state index contributed by atoms with van der Waals surface area (Å²) >= 11 is 0. The molecule has 6 nitrogen and oxygen atoms in total. The van der Waals surface area contributed by atoms with E-state index in [0.29, 0.717) is 16.8 Å². The summed E-state index contributed by atoms with van der Waals surface area (Å²) in [6, 6.07) is 3.54. The minimum atomic E-state index is -0.713. The van der Waals surface area contributed by atoms with Gasteiger partial charge in [-0.15, -0.1) is 0 Å². The maximum atomic E-state index is 11.6. The quantitative estimate of drug-likeness (QED) is 0.375. The molecule has 0 atom stereocenters. The SMILES string of the molecule is Cc1ccc(OCOB=N)c(B2OC(C)(C)C(C)(C)O2)c1C=O. The molecule has 8 heteroatoms. The standard InChI is InChI=1S/C15H21B2NO5/c1-10-6-7-12(20-9-21-16-18)13(11(10)8-19)17-22-14(2,3)15(4,5)23-17/h6-8,18H,9H2,1-5H3. The molecule has 1 heterocycles. The van der Waals surface area contributed by atoms with Gasteiger partial charge in [-0.1, -0.05) is 0 Å². The normalized spacial score (nSPS) is 18.4. The maximum absolute atomic E-state index is 11.6. The summed E-state index contributed by atoms with van der Waals surface area (Å²) in [7, 11) is 0.0820. The molecule has 1 aliphatic heterocycles. The van der Waals surface area contributed by atoms with Crippen molar-refractivity contribution in [2.24, 2.45) is 0 Å². The fraction of sp³-hybridized carbons (Fsp3) is 0.533. The van der Waals surface area contributed by atoms with Crippen LogP contribution in [0.4, 0.5) is 0 Å². The number of hydrogen-bond acceptors (Lipinski definition) is 6. The molecule has 0 saturated carbocycles. The zero-order valence-corrected chi connectivity index (χ0v) is 14.1. The van der Waals surface area contributed by atoms with Gasteiger partial charge in [-0.3, -0.25) is 0 Å². The second kappa shape index (κ2) is 6.45. The van der Waals surface area contributed by atoms with Gasteiger partial charge in [0, 0.05) is 0 Å². The Balaban J connectivity index is 2.45. The number of hydrogen-bond donors (Lipinski definition) is 1. The Morgan fingerprint density at radius 3 is 2.39 bits per heavy atom. The topological polar surface area (TPSA) is 77.8 Å². The van der Waals surface area contributed by atoms with Crippen LogP contribution in [0.15, 0.2) is 12.1 Å². The summed E-state index contributed by atoms with van der Waals surface area (Å²) in [6.07, 6.45) is 0.778. The van der Waals surface area contributed by atoms with Gasteiger partial charge < -0.3 is 0 Å². The molecule has 1 aliphatic rings. The van der Waals surface area contributed by atoms with Crippen molar-refractivity contribution in [2.45, 2.75) is 45.8 Å². The van der Waals surface area contributed by atoms with E-state index in [0.717, 1.165) is 19.1 Å². The molecular weight excluding hydrogens is 296 g/mol. The van der Waals surface area contributed by atoms with Crippen LogP contribution >= 0.6 is 0 Å². The van der Waals surface area contributed by atoms with Gasteiger partial charge in [0.15, 0.2) is 0 Å². The minimum absolute atomic E-state index is 0.128. The van der Waals surface area contributed by atoms with Gasteiger partial charge >= 0.3 is 137 Å². The summed E-state index contributed by atoms with van der Waals surface area (Å²) in [6.45, 7) is 9.50. The van der Waals surface area contributed by atoms with E-state index in [1.165, 1.54) is 0 Å². The summed E-state index contributed by atoms with van der Waals surface area (Å²) in [4.78, 5) is 11.6. The Morgan fingerprint density at radius 2 is 1.87 bits per heavy atom. The summed E-state index contributed by atoms with van der Waals surface area (Å²) in [5.74, 6) is 0.443. The summed E-state index contributed by atoms with van der Waals surface area (Å²) in [5, 5.41) is 6.87. The fourth-order valence-electron chi connectivity index (χ4n) is 2.34. The predicted octanol–water partition coefficient (Wildman–Crippen LogP) is 1.84. The van der Waals surface area contributed by atoms with Crippen molar-refractivity contribution in [1.29, 1.82) is 5.31 Å². The van der Waals surface area contributed by atoms with Crippen molar-refractivity contribution in [3.05, 3.63) is 23.3 Å². The first-order valence-corrected chi connectivity index (χ1v) is 7.41. The average Bonchev–Trinajstić information content (AvgIpc) is 2.68. The van der Waals surface area contributed by atoms with Gasteiger partial charge in [-0.2, -0.15) is 0 Å². The third kappa shape index (κ3) is 3.33. The van der Waals surface area contributed by atoms with E-state index in [9.17, 15) is 4.79 Å². The fourth-order valence-corrected chi connectivity index (χ4v) is 2.34. The Bertz CT molecular complexity index is 602. The first-order valence-electron chi connectivity index (χ1n) is 7.41. The molecular formula is C15H21B2NO5. The molecule has 1 saturated heterocycles. The van der Waals surface area contributed by atoms with E-state index in [4.69, 9.17) is 24.0 Å². The van der Waals surface area contributed by atoms with Crippen LogP contribution in [0.2, 0.25) is 0 Å². The van der Waals surface area contributed by atoms with Crippen molar-refractivity contribution in [3.63, 3.8) is 0 Å². The zero-order chi connectivity index (χ0) is 17.3. The van der Waals surface area contributed by atoms with Gasteiger partial charge in [-0.05, 0) is 0 Å². The van der Waals surface area contributed by atoms with Crippen LogP contribution in [-0.4, -0.2) is 38.7 Å². The predicted molar refractivity (Wildman–Crippen MR) is 87.3 cm³/mol. The van der Waals surface area contributed by atoms with E-state index in [-0.39, 0.29) is 6.79 Å². The Kier molecular flexibility index (Phi) is 4.96. The molecule has 1 aromatic rings. The number of aryl methyl sites for hydroxylation is 1. The van der Waals surface area contributed by atoms with Crippen molar-refractivity contribution in [3.8, 4) is 5.75 Å². The van der Waals surface area contributed by atoms with Gasteiger partial charge in [-0.25, -0.2) is 0 Å². The van der Waals surface area contributed by atoms with Crippen molar-refractivity contribution >= 4 is 26.1 Å². The van der Waals surface area contributed by atoms with E-state index < -0.39 is 18.3 Å². The monoisotopic (exact) mass is 317 g/mol. The number of rotatable bonds is 6. The molecule has 0 unspecified atom stereocenters. The van der Waals surface area contributed by atoms with Crippen LogP contribution in [0.3, 0.4) is 0 Å². The number of aldehydes is 1. The zero-order valence-electron chi connectivity index (χ0n) is 14.1. The molecule has 1 N–H and O–H groups in total. The number of ether oxygens (including phenoxy) is 1. The molecule has 2 rings (SSSR count). The van der Waals surface area contributed by atoms with E-state index in [2.05, 4.69) is 0 Å². The third-order valence-electron chi connectivity index (χ3n) is 4.44. The molecule has 0 aromatic heterocycles. The summed E-state index contributed by atoms with van der Waals surface area (Å²) in [5.41, 5.74) is 0.794. The Hall–Kier alpha value is -1.66. The molecule has 122 valence electrons. The molecule has 1 fully saturated rings. The van der Waals surface area contributed by atoms with Gasteiger partial charge in [0.05, 0.1) is 0 Å². The Morgan fingerprint density at radius 1 is 1.26 bits per heavy atom. The van der Waals surface area contributed by atoms with Crippen LogP contribution in [0, 0.1) is 12.2 Å². The molecule has 0 aliphatic carbocycles. The van der Waals surface area contributed by atoms with Crippen molar-refractivity contribution in [1.82, 2.24) is 0 Å². The van der Waals surface area contributed by atoms with Crippen LogP contribution < -0.4 is 10.2 Å². The van der Waals surface area contributed by atoms with Crippen LogP contribution in [-0.2, 0) is 14.0 Å². The first-order chi connectivity index (χ1) is 10.7. The molecule has 23 heavy (non-hydrogen) atoms. The van der Waals surface area contributed by atoms with E-state index >= 15 is 0 Å². The molecule has 0 spiro atoms. The number of carbonyl (C=O) groups is 1. The molecule has 1 aromatic carbocycles. The second-order valence-corrected chi connectivity index (χ2v) is 6.46. The Labute approximate surface area is 137 Å². The van der Waals surface area contributed by atoms with Crippen LogP contribution in [0.1, 0.15) is 43.6 Å². The second-order valence-electron chi connectivity index (χ2n) is 6.46. The number of nitrogens with one attached hydrogen (secondary N) is 1. The third-order valence-corrected chi connectivity index (χ3v) is 4.44. The van der Waals surface area contributed by atoms with Crippen molar-refractivity contribution < 1.29 is 23.5 Å². The van der Waals surface area contributed by atoms with Gasteiger partial charge in [0.2, 0.25) is 0 Å². The number of carbonyl (C=O) groups excluding carboxylic acids is 1. The average molecular weight is 317 g/mol. The van der Waals surface area contributed by atoms with Crippen molar-refractivity contribution in [2.75, 3.05) is 6.79 Å².